The van der Waals surface area contributed by atoms with Gasteiger partial charge in [0, 0.05) is 57.3 Å². The maximum atomic E-state index is 12.5. The van der Waals surface area contributed by atoms with Crippen molar-refractivity contribution in [1.29, 1.82) is 0 Å². The number of rotatable bonds is 7. The number of likely N-dealkylation sites (N-methyl/N-ethyl adjacent to an activating group) is 1. The van der Waals surface area contributed by atoms with E-state index in [4.69, 9.17) is 0 Å². The molecule has 2 aromatic rings. The summed E-state index contributed by atoms with van der Waals surface area (Å²) in [5.41, 5.74) is 3.67. The van der Waals surface area contributed by atoms with Gasteiger partial charge >= 0.3 is 0 Å². The molecule has 150 valence electrons. The third-order valence-electron chi connectivity index (χ3n) is 5.20. The van der Waals surface area contributed by atoms with Gasteiger partial charge in [0.05, 0.1) is 17.4 Å². The predicted molar refractivity (Wildman–Crippen MR) is 116 cm³/mol. The van der Waals surface area contributed by atoms with Crippen LogP contribution in [0.15, 0.2) is 42.7 Å². The number of anilines is 3. The molecule has 6 nitrogen and oxygen atoms in total. The zero-order valence-electron chi connectivity index (χ0n) is 17.2. The Morgan fingerprint density at radius 1 is 1.11 bits per heavy atom. The third-order valence-corrected chi connectivity index (χ3v) is 5.20. The maximum Gasteiger partial charge on any atom is 0.255 e. The fourth-order valence-corrected chi connectivity index (χ4v) is 3.33. The van der Waals surface area contributed by atoms with Crippen molar-refractivity contribution in [3.63, 3.8) is 0 Å². The second-order valence-corrected chi connectivity index (χ2v) is 7.50. The summed E-state index contributed by atoms with van der Waals surface area (Å²) in [4.78, 5) is 23.3. The first kappa shape index (κ1) is 20.1. The molecule has 0 bridgehead atoms. The highest BCUT2D eigenvalue weighted by atomic mass is 16.2. The predicted octanol–water partition coefficient (Wildman–Crippen LogP) is 3.45. The van der Waals surface area contributed by atoms with Crippen LogP contribution in [0.3, 0.4) is 0 Å². The van der Waals surface area contributed by atoms with Crippen LogP contribution in [0.1, 0.15) is 30.1 Å². The van der Waals surface area contributed by atoms with Crippen molar-refractivity contribution in [2.75, 3.05) is 57.0 Å². The lowest BCUT2D eigenvalue weighted by Crippen LogP contribution is -2.44. The first-order chi connectivity index (χ1) is 13.6. The molecule has 1 saturated heterocycles. The lowest BCUT2D eigenvalue weighted by atomic mass is 10.2. The number of aromatic nitrogens is 1. The number of hydrogen-bond donors (Lipinski definition) is 1. The summed E-state index contributed by atoms with van der Waals surface area (Å²) in [6.07, 6.45) is 5.46. The van der Waals surface area contributed by atoms with Gasteiger partial charge in [-0.2, -0.15) is 0 Å². The second kappa shape index (κ2) is 9.55. The summed E-state index contributed by atoms with van der Waals surface area (Å²) in [6.45, 7) is 7.20. The number of benzene rings is 1. The largest absolute Gasteiger partial charge is 0.369 e. The summed E-state index contributed by atoms with van der Waals surface area (Å²) in [5, 5.41) is 3.36. The minimum Gasteiger partial charge on any atom is -0.369 e. The first-order valence-corrected chi connectivity index (χ1v) is 10.1. The fraction of sp³-hybridized carbons (Fsp3) is 0.455. The van der Waals surface area contributed by atoms with Gasteiger partial charge in [0.2, 0.25) is 0 Å². The summed E-state index contributed by atoms with van der Waals surface area (Å²) < 4.78 is 0. The van der Waals surface area contributed by atoms with Crippen LogP contribution in [0.4, 0.5) is 17.1 Å². The number of carbonyl (C=O) groups is 1. The summed E-state index contributed by atoms with van der Waals surface area (Å²) in [5.74, 6) is 0.00927. The number of amides is 1. The Labute approximate surface area is 168 Å². The van der Waals surface area contributed by atoms with Gasteiger partial charge in [0.1, 0.15) is 0 Å². The Morgan fingerprint density at radius 3 is 2.50 bits per heavy atom. The Kier molecular flexibility index (Phi) is 6.87. The van der Waals surface area contributed by atoms with Crippen molar-refractivity contribution < 1.29 is 4.79 Å². The standard InChI is InChI=1S/C22H31N5O/c1-4-5-10-26(3)22(28)18-15-20(17-23-16-18)24-19-6-8-21(9-7-19)27-13-11-25(2)12-14-27/h6-9,15-17,24H,4-5,10-14H2,1-3H3. The molecular weight excluding hydrogens is 350 g/mol. The van der Waals surface area contributed by atoms with E-state index in [-0.39, 0.29) is 5.91 Å². The van der Waals surface area contributed by atoms with Gasteiger partial charge < -0.3 is 20.0 Å². The van der Waals surface area contributed by atoms with E-state index >= 15 is 0 Å². The molecule has 0 radical (unpaired) electrons. The maximum absolute atomic E-state index is 12.5. The van der Waals surface area contributed by atoms with Crippen LogP contribution < -0.4 is 10.2 Å². The molecule has 0 saturated carbocycles. The Bertz CT molecular complexity index is 769. The highest BCUT2D eigenvalue weighted by Crippen LogP contribution is 2.22. The molecular formula is C22H31N5O. The molecule has 0 aliphatic carbocycles. The van der Waals surface area contributed by atoms with Gasteiger partial charge in [0.25, 0.3) is 5.91 Å². The monoisotopic (exact) mass is 381 g/mol. The Balaban J connectivity index is 1.63. The number of nitrogens with zero attached hydrogens (tertiary/aromatic N) is 4. The Morgan fingerprint density at radius 2 is 1.82 bits per heavy atom. The van der Waals surface area contributed by atoms with Crippen molar-refractivity contribution in [2.24, 2.45) is 0 Å². The summed E-state index contributed by atoms with van der Waals surface area (Å²) in [6, 6.07) is 10.3. The lowest BCUT2D eigenvalue weighted by Gasteiger charge is -2.34. The van der Waals surface area contributed by atoms with Crippen LogP contribution in [0, 0.1) is 0 Å². The van der Waals surface area contributed by atoms with Crippen LogP contribution in [0.5, 0.6) is 0 Å². The molecule has 1 aromatic heterocycles. The number of hydrogen-bond acceptors (Lipinski definition) is 5. The molecule has 1 fully saturated rings. The van der Waals surface area contributed by atoms with Crippen LogP contribution >= 0.6 is 0 Å². The molecule has 1 amide bonds. The number of pyridine rings is 1. The molecule has 6 heteroatoms. The number of carbonyl (C=O) groups excluding carboxylic acids is 1. The summed E-state index contributed by atoms with van der Waals surface area (Å²) in [7, 11) is 4.01. The second-order valence-electron chi connectivity index (χ2n) is 7.50. The van der Waals surface area contributed by atoms with Crippen LogP contribution in [-0.2, 0) is 0 Å². The van der Waals surface area contributed by atoms with Gasteiger partial charge in [-0.05, 0) is 43.8 Å². The number of unbranched alkanes of at least 4 members (excludes halogenated alkanes) is 1. The normalized spacial score (nSPS) is 14.8. The van der Waals surface area contributed by atoms with Crippen molar-refractivity contribution in [2.45, 2.75) is 19.8 Å². The first-order valence-electron chi connectivity index (χ1n) is 10.1. The van der Waals surface area contributed by atoms with E-state index in [1.165, 1.54) is 5.69 Å². The molecule has 1 N–H and O–H groups in total. The van der Waals surface area contributed by atoms with Gasteiger partial charge in [-0.3, -0.25) is 9.78 Å². The van der Waals surface area contributed by atoms with Crippen molar-refractivity contribution in [3.8, 4) is 0 Å². The average molecular weight is 382 g/mol. The third kappa shape index (κ3) is 5.23. The van der Waals surface area contributed by atoms with Crippen molar-refractivity contribution in [3.05, 3.63) is 48.3 Å². The van der Waals surface area contributed by atoms with Crippen molar-refractivity contribution >= 4 is 23.0 Å². The highest BCUT2D eigenvalue weighted by Gasteiger charge is 2.14. The van der Waals surface area contributed by atoms with Gasteiger partial charge in [0.15, 0.2) is 0 Å². The molecule has 2 heterocycles. The molecule has 0 atom stereocenters. The minimum atomic E-state index is 0.00927. The molecule has 1 aliphatic rings. The van der Waals surface area contributed by atoms with E-state index in [0.717, 1.165) is 56.9 Å². The van der Waals surface area contributed by atoms with E-state index in [0.29, 0.717) is 5.56 Å². The number of nitrogens with one attached hydrogen (secondary N) is 1. The summed E-state index contributed by atoms with van der Waals surface area (Å²) >= 11 is 0. The molecule has 1 aliphatic heterocycles. The highest BCUT2D eigenvalue weighted by molar-refractivity contribution is 5.94. The Hall–Kier alpha value is -2.60. The zero-order valence-corrected chi connectivity index (χ0v) is 17.2. The molecule has 3 rings (SSSR count). The van der Waals surface area contributed by atoms with Gasteiger partial charge in [-0.25, -0.2) is 0 Å². The molecule has 0 unspecified atom stereocenters. The fourth-order valence-electron chi connectivity index (χ4n) is 3.33. The van der Waals surface area contributed by atoms with Crippen LogP contribution in [-0.4, -0.2) is 67.5 Å². The lowest BCUT2D eigenvalue weighted by molar-refractivity contribution is 0.0793. The smallest absolute Gasteiger partial charge is 0.255 e. The molecule has 28 heavy (non-hydrogen) atoms. The van der Waals surface area contributed by atoms with E-state index in [1.807, 2.05) is 13.1 Å². The number of piperazine rings is 1. The topological polar surface area (TPSA) is 51.7 Å². The van der Waals surface area contributed by atoms with Gasteiger partial charge in [-0.1, -0.05) is 13.3 Å². The molecule has 0 spiro atoms. The minimum absolute atomic E-state index is 0.00927. The van der Waals surface area contributed by atoms with E-state index in [1.54, 1.807) is 17.3 Å². The zero-order chi connectivity index (χ0) is 19.9. The molecule has 1 aromatic carbocycles. The van der Waals surface area contributed by atoms with Crippen LogP contribution in [0.2, 0.25) is 0 Å². The SMILES string of the molecule is CCCCN(C)C(=O)c1cncc(Nc2ccc(N3CCN(C)CC3)cc2)c1. The van der Waals surface area contributed by atoms with Crippen LogP contribution in [0.25, 0.3) is 0 Å². The van der Waals surface area contributed by atoms with E-state index < -0.39 is 0 Å². The van der Waals surface area contributed by atoms with E-state index in [2.05, 4.69) is 58.3 Å². The van der Waals surface area contributed by atoms with Gasteiger partial charge in [-0.15, -0.1) is 0 Å². The quantitative estimate of drug-likeness (QED) is 0.796. The van der Waals surface area contributed by atoms with E-state index in [9.17, 15) is 4.79 Å². The van der Waals surface area contributed by atoms with Crippen molar-refractivity contribution in [1.82, 2.24) is 14.8 Å². The average Bonchev–Trinajstić information content (AvgIpc) is 2.73.